The summed E-state index contributed by atoms with van der Waals surface area (Å²) in [7, 11) is 0. The molecule has 1 fully saturated rings. The van der Waals surface area contributed by atoms with Crippen molar-refractivity contribution in [2.75, 3.05) is 0 Å². The van der Waals surface area contributed by atoms with Crippen LogP contribution in [0.1, 0.15) is 43.0 Å². The van der Waals surface area contributed by atoms with Crippen LogP contribution in [0.2, 0.25) is 0 Å². The Bertz CT molecular complexity index is 331. The van der Waals surface area contributed by atoms with Gasteiger partial charge in [-0.2, -0.15) is 0 Å². The molecule has 2 nitrogen and oxygen atoms in total. The predicted molar refractivity (Wildman–Crippen MR) is 56.1 cm³/mol. The van der Waals surface area contributed by atoms with Gasteiger partial charge in [-0.1, -0.05) is 6.07 Å². The zero-order chi connectivity index (χ0) is 9.38. The first-order valence-electron chi connectivity index (χ1n) is 5.63. The summed E-state index contributed by atoms with van der Waals surface area (Å²) in [6.07, 6.45) is 8.43. The number of pyridine rings is 1. The van der Waals surface area contributed by atoms with Crippen molar-refractivity contribution in [2.45, 2.75) is 44.2 Å². The molecule has 2 heteroatoms. The molecule has 0 unspecified atom stereocenters. The van der Waals surface area contributed by atoms with Crippen molar-refractivity contribution < 1.29 is 0 Å². The minimum atomic E-state index is 0.535. The van der Waals surface area contributed by atoms with E-state index in [9.17, 15) is 0 Å². The van der Waals surface area contributed by atoms with Gasteiger partial charge in [0.1, 0.15) is 0 Å². The number of aromatic nitrogens is 1. The van der Waals surface area contributed by atoms with Crippen molar-refractivity contribution in [3.05, 3.63) is 29.6 Å². The van der Waals surface area contributed by atoms with Crippen LogP contribution in [0.4, 0.5) is 0 Å². The summed E-state index contributed by atoms with van der Waals surface area (Å²) in [5, 5.41) is 3.69. The van der Waals surface area contributed by atoms with E-state index in [1.807, 2.05) is 6.20 Å². The van der Waals surface area contributed by atoms with E-state index in [1.165, 1.54) is 43.4 Å². The van der Waals surface area contributed by atoms with Gasteiger partial charge in [0.25, 0.3) is 0 Å². The molecule has 0 bridgehead atoms. The maximum Gasteiger partial charge on any atom is 0.0605 e. The smallest absolute Gasteiger partial charge is 0.0605 e. The molecule has 1 atom stereocenters. The third-order valence-corrected chi connectivity index (χ3v) is 3.21. The molecular weight excluding hydrogens is 172 g/mol. The Morgan fingerprint density at radius 1 is 1.29 bits per heavy atom. The van der Waals surface area contributed by atoms with Crippen molar-refractivity contribution in [3.8, 4) is 0 Å². The van der Waals surface area contributed by atoms with Gasteiger partial charge in [0.2, 0.25) is 0 Å². The van der Waals surface area contributed by atoms with Crippen LogP contribution in [0.15, 0.2) is 18.3 Å². The number of aryl methyl sites for hydroxylation is 1. The normalized spacial score (nSPS) is 25.9. The van der Waals surface area contributed by atoms with E-state index in [4.69, 9.17) is 0 Å². The Hall–Kier alpha value is -0.890. The number of hydrogen-bond acceptors (Lipinski definition) is 2. The minimum absolute atomic E-state index is 0.535. The molecule has 1 aromatic heterocycles. The quantitative estimate of drug-likeness (QED) is 0.769. The third-order valence-electron chi connectivity index (χ3n) is 3.21. The Morgan fingerprint density at radius 3 is 3.07 bits per heavy atom. The van der Waals surface area contributed by atoms with Crippen molar-refractivity contribution >= 4 is 0 Å². The van der Waals surface area contributed by atoms with Gasteiger partial charge in [-0.15, -0.1) is 0 Å². The Morgan fingerprint density at radius 2 is 2.21 bits per heavy atom. The fourth-order valence-corrected chi connectivity index (χ4v) is 2.31. The molecule has 0 radical (unpaired) electrons. The lowest BCUT2D eigenvalue weighted by atomic mass is 9.92. The summed E-state index contributed by atoms with van der Waals surface area (Å²) < 4.78 is 0. The molecule has 3 rings (SSSR count). The highest BCUT2D eigenvalue weighted by atomic mass is 15.0. The molecule has 74 valence electrons. The van der Waals surface area contributed by atoms with Crippen LogP contribution in [0.5, 0.6) is 0 Å². The molecule has 0 aromatic carbocycles. The molecule has 1 aromatic rings. The van der Waals surface area contributed by atoms with Crippen LogP contribution in [0.3, 0.4) is 0 Å². The van der Waals surface area contributed by atoms with Crippen LogP contribution in [-0.2, 0) is 6.42 Å². The first-order chi connectivity index (χ1) is 6.93. The van der Waals surface area contributed by atoms with Gasteiger partial charge >= 0.3 is 0 Å². The second-order valence-corrected chi connectivity index (χ2v) is 4.43. The van der Waals surface area contributed by atoms with E-state index >= 15 is 0 Å². The highest BCUT2D eigenvalue weighted by Gasteiger charge is 2.28. The molecule has 2 aliphatic carbocycles. The molecule has 1 saturated carbocycles. The van der Waals surface area contributed by atoms with E-state index in [2.05, 4.69) is 22.4 Å². The van der Waals surface area contributed by atoms with Gasteiger partial charge in [0, 0.05) is 18.3 Å². The summed E-state index contributed by atoms with van der Waals surface area (Å²) in [5.74, 6) is 0. The monoisotopic (exact) mass is 188 g/mol. The SMILES string of the molecule is c1cnc2c(c1)CCC[C@@H]2NC1CC1. The number of hydrogen-bond donors (Lipinski definition) is 1. The average molecular weight is 188 g/mol. The van der Waals surface area contributed by atoms with Crippen molar-refractivity contribution in [2.24, 2.45) is 0 Å². The fraction of sp³-hybridized carbons (Fsp3) is 0.583. The van der Waals surface area contributed by atoms with E-state index in [0.29, 0.717) is 6.04 Å². The van der Waals surface area contributed by atoms with Gasteiger partial charge in [-0.3, -0.25) is 4.98 Å². The van der Waals surface area contributed by atoms with E-state index in [0.717, 1.165) is 6.04 Å². The minimum Gasteiger partial charge on any atom is -0.306 e. The van der Waals surface area contributed by atoms with Gasteiger partial charge in [-0.05, 0) is 43.7 Å². The van der Waals surface area contributed by atoms with Crippen LogP contribution in [0.25, 0.3) is 0 Å². The first kappa shape index (κ1) is 8.42. The van der Waals surface area contributed by atoms with Crippen LogP contribution in [-0.4, -0.2) is 11.0 Å². The van der Waals surface area contributed by atoms with E-state index < -0.39 is 0 Å². The summed E-state index contributed by atoms with van der Waals surface area (Å²) in [5.41, 5.74) is 2.77. The Labute approximate surface area is 84.7 Å². The Kier molecular flexibility index (Phi) is 2.02. The lowest BCUT2D eigenvalue weighted by Gasteiger charge is -2.25. The summed E-state index contributed by atoms with van der Waals surface area (Å²) in [6.45, 7) is 0. The largest absolute Gasteiger partial charge is 0.306 e. The average Bonchev–Trinajstić information content (AvgIpc) is 3.03. The maximum absolute atomic E-state index is 4.52. The standard InChI is InChI=1S/C12H16N2/c1-3-9-4-2-8-13-12(9)11(5-1)14-10-6-7-10/h2,4,8,10-11,14H,1,3,5-7H2/t11-/m0/s1. The number of nitrogens with zero attached hydrogens (tertiary/aromatic N) is 1. The highest BCUT2D eigenvalue weighted by Crippen LogP contribution is 2.31. The summed E-state index contributed by atoms with van der Waals surface area (Å²) >= 11 is 0. The Balaban J connectivity index is 1.85. The van der Waals surface area contributed by atoms with E-state index in [-0.39, 0.29) is 0 Å². The summed E-state index contributed by atoms with van der Waals surface area (Å²) in [4.78, 5) is 4.52. The zero-order valence-electron chi connectivity index (χ0n) is 8.37. The summed E-state index contributed by atoms with van der Waals surface area (Å²) in [6, 6.07) is 5.60. The van der Waals surface area contributed by atoms with Crippen LogP contribution >= 0.6 is 0 Å². The molecule has 2 aliphatic rings. The predicted octanol–water partition coefficient (Wildman–Crippen LogP) is 2.21. The molecule has 14 heavy (non-hydrogen) atoms. The van der Waals surface area contributed by atoms with Crippen molar-refractivity contribution in [3.63, 3.8) is 0 Å². The maximum atomic E-state index is 4.52. The highest BCUT2D eigenvalue weighted by molar-refractivity contribution is 5.25. The van der Waals surface area contributed by atoms with E-state index in [1.54, 1.807) is 0 Å². The molecule has 0 spiro atoms. The number of rotatable bonds is 2. The van der Waals surface area contributed by atoms with Gasteiger partial charge in [0.15, 0.2) is 0 Å². The second-order valence-electron chi connectivity index (χ2n) is 4.43. The lowest BCUT2D eigenvalue weighted by molar-refractivity contribution is 0.446. The topological polar surface area (TPSA) is 24.9 Å². The van der Waals surface area contributed by atoms with Crippen LogP contribution in [0, 0.1) is 0 Å². The lowest BCUT2D eigenvalue weighted by Crippen LogP contribution is -2.27. The molecule has 1 N–H and O–H groups in total. The van der Waals surface area contributed by atoms with Gasteiger partial charge < -0.3 is 5.32 Å². The first-order valence-corrected chi connectivity index (χ1v) is 5.63. The fourth-order valence-electron chi connectivity index (χ4n) is 2.31. The zero-order valence-corrected chi connectivity index (χ0v) is 8.37. The number of nitrogens with one attached hydrogen (secondary N) is 1. The van der Waals surface area contributed by atoms with Crippen LogP contribution < -0.4 is 5.32 Å². The van der Waals surface area contributed by atoms with Crippen molar-refractivity contribution in [1.29, 1.82) is 0 Å². The molecule has 0 saturated heterocycles. The van der Waals surface area contributed by atoms with Gasteiger partial charge in [0.05, 0.1) is 5.69 Å². The molecule has 0 aliphatic heterocycles. The van der Waals surface area contributed by atoms with Crippen molar-refractivity contribution in [1.82, 2.24) is 10.3 Å². The molecule has 1 heterocycles. The number of fused-ring (bicyclic) bond motifs is 1. The molecule has 0 amide bonds. The second kappa shape index (κ2) is 3.35. The third kappa shape index (κ3) is 1.55. The van der Waals surface area contributed by atoms with Gasteiger partial charge in [-0.25, -0.2) is 0 Å². The molecular formula is C12H16N2.